The number of hydrogen-bond donors (Lipinski definition) is 1. The molecule has 1 unspecified atom stereocenters. The molecule has 0 radical (unpaired) electrons. The summed E-state index contributed by atoms with van der Waals surface area (Å²) < 4.78 is 5.14. The van der Waals surface area contributed by atoms with Crippen LogP contribution in [0.25, 0.3) is 0 Å². The van der Waals surface area contributed by atoms with Gasteiger partial charge >= 0.3 is 0 Å². The first-order valence-corrected chi connectivity index (χ1v) is 6.08. The van der Waals surface area contributed by atoms with Gasteiger partial charge in [-0.3, -0.25) is 4.79 Å². The van der Waals surface area contributed by atoms with Gasteiger partial charge in [0.25, 0.3) is 0 Å². The van der Waals surface area contributed by atoms with Crippen LogP contribution in [0.5, 0.6) is 5.75 Å². The first-order valence-electron chi connectivity index (χ1n) is 6.08. The summed E-state index contributed by atoms with van der Waals surface area (Å²) in [4.78, 5) is 13.4. The number of nitrogens with zero attached hydrogens (tertiary/aromatic N) is 1. The third-order valence-electron chi connectivity index (χ3n) is 3.08. The van der Waals surface area contributed by atoms with Gasteiger partial charge in [0.15, 0.2) is 0 Å². The van der Waals surface area contributed by atoms with Crippen LogP contribution in [0.2, 0.25) is 0 Å². The molecule has 1 amide bonds. The zero-order valence-corrected chi connectivity index (χ0v) is 11.2. The lowest BCUT2D eigenvalue weighted by Crippen LogP contribution is -2.37. The van der Waals surface area contributed by atoms with Crippen molar-refractivity contribution in [3.8, 4) is 5.75 Å². The normalized spacial score (nSPS) is 12.0. The van der Waals surface area contributed by atoms with Crippen LogP contribution in [0.4, 0.5) is 0 Å². The number of carbonyl (C=O) groups excluding carboxylic acids is 1. The summed E-state index contributed by atoms with van der Waals surface area (Å²) in [6.07, 6.45) is 1.12. The van der Waals surface area contributed by atoms with E-state index in [1.54, 1.807) is 19.1 Å². The van der Waals surface area contributed by atoms with Crippen LogP contribution in [-0.2, 0) is 11.2 Å². The minimum absolute atomic E-state index is 0.0125. The second kappa shape index (κ2) is 7.01. The Morgan fingerprint density at radius 2 is 2.22 bits per heavy atom. The number of aliphatic hydroxyl groups excluding tert-OH is 1. The maximum atomic E-state index is 11.9. The number of aliphatic hydroxyl groups is 1. The van der Waals surface area contributed by atoms with Crippen LogP contribution in [0, 0.1) is 0 Å². The van der Waals surface area contributed by atoms with E-state index in [0.717, 1.165) is 11.3 Å². The highest BCUT2D eigenvalue weighted by Gasteiger charge is 2.14. The number of methoxy groups -OCH3 is 1. The van der Waals surface area contributed by atoms with Gasteiger partial charge in [-0.2, -0.15) is 0 Å². The van der Waals surface area contributed by atoms with Crippen LogP contribution in [-0.4, -0.2) is 42.7 Å². The van der Waals surface area contributed by atoms with Gasteiger partial charge in [-0.25, -0.2) is 0 Å². The molecule has 1 rings (SSSR count). The predicted molar refractivity (Wildman–Crippen MR) is 70.6 cm³/mol. The SMILES string of the molecule is COc1cccc(CCC(=O)N(C)C(C)CO)c1. The summed E-state index contributed by atoms with van der Waals surface area (Å²) in [7, 11) is 3.34. The molecule has 1 aromatic rings. The number of rotatable bonds is 6. The standard InChI is InChI=1S/C14H21NO3/c1-11(10-16)15(2)14(17)8-7-12-5-4-6-13(9-12)18-3/h4-6,9,11,16H,7-8,10H2,1-3H3. The number of hydrogen-bond acceptors (Lipinski definition) is 3. The number of amides is 1. The van der Waals surface area contributed by atoms with E-state index in [4.69, 9.17) is 9.84 Å². The predicted octanol–water partition coefficient (Wildman–Crippen LogP) is 1.47. The van der Waals surface area contributed by atoms with Crippen LogP contribution in [0.15, 0.2) is 24.3 Å². The Balaban J connectivity index is 2.51. The molecule has 4 heteroatoms. The Labute approximate surface area is 108 Å². The van der Waals surface area contributed by atoms with Crippen molar-refractivity contribution in [3.63, 3.8) is 0 Å². The van der Waals surface area contributed by atoms with Crippen molar-refractivity contribution in [1.29, 1.82) is 0 Å². The highest BCUT2D eigenvalue weighted by Crippen LogP contribution is 2.14. The summed E-state index contributed by atoms with van der Waals surface area (Å²) in [6, 6.07) is 7.57. The lowest BCUT2D eigenvalue weighted by molar-refractivity contribution is -0.132. The minimum atomic E-state index is -0.136. The number of aryl methyl sites for hydroxylation is 1. The summed E-state index contributed by atoms with van der Waals surface area (Å²) in [6.45, 7) is 1.81. The van der Waals surface area contributed by atoms with Gasteiger partial charge in [-0.05, 0) is 31.0 Å². The molecule has 0 aliphatic heterocycles. The topological polar surface area (TPSA) is 49.8 Å². The lowest BCUT2D eigenvalue weighted by atomic mass is 10.1. The van der Waals surface area contributed by atoms with Crippen molar-refractivity contribution in [2.24, 2.45) is 0 Å². The summed E-state index contributed by atoms with van der Waals surface area (Å²) in [5.74, 6) is 0.844. The first-order chi connectivity index (χ1) is 8.58. The molecule has 1 N–H and O–H groups in total. The Hall–Kier alpha value is -1.55. The minimum Gasteiger partial charge on any atom is -0.497 e. The van der Waals surface area contributed by atoms with E-state index in [-0.39, 0.29) is 18.6 Å². The molecule has 0 heterocycles. The maximum Gasteiger partial charge on any atom is 0.222 e. The van der Waals surface area contributed by atoms with E-state index in [1.165, 1.54) is 0 Å². The monoisotopic (exact) mass is 251 g/mol. The van der Waals surface area contributed by atoms with Gasteiger partial charge in [-0.1, -0.05) is 12.1 Å². The zero-order chi connectivity index (χ0) is 13.5. The van der Waals surface area contributed by atoms with Crippen molar-refractivity contribution >= 4 is 5.91 Å². The van der Waals surface area contributed by atoms with Gasteiger partial charge in [0.05, 0.1) is 19.8 Å². The largest absolute Gasteiger partial charge is 0.497 e. The molecule has 0 saturated carbocycles. The van der Waals surface area contributed by atoms with Crippen LogP contribution < -0.4 is 4.74 Å². The fourth-order valence-corrected chi connectivity index (χ4v) is 1.62. The lowest BCUT2D eigenvalue weighted by Gasteiger charge is -2.23. The molecule has 0 aliphatic carbocycles. The Morgan fingerprint density at radius 1 is 1.50 bits per heavy atom. The molecule has 0 aromatic heterocycles. The summed E-state index contributed by atoms with van der Waals surface area (Å²) in [5.41, 5.74) is 1.08. The second-order valence-electron chi connectivity index (χ2n) is 4.39. The van der Waals surface area contributed by atoms with Gasteiger partial charge in [0, 0.05) is 13.5 Å². The Kier molecular flexibility index (Phi) is 5.65. The van der Waals surface area contributed by atoms with Crippen molar-refractivity contribution in [3.05, 3.63) is 29.8 Å². The van der Waals surface area contributed by atoms with Crippen molar-refractivity contribution in [2.45, 2.75) is 25.8 Å². The molecule has 0 saturated heterocycles. The number of ether oxygens (including phenoxy) is 1. The van der Waals surface area contributed by atoms with Crippen LogP contribution >= 0.6 is 0 Å². The van der Waals surface area contributed by atoms with Crippen molar-refractivity contribution < 1.29 is 14.6 Å². The molecule has 1 aromatic carbocycles. The van der Waals surface area contributed by atoms with Gasteiger partial charge in [0.2, 0.25) is 5.91 Å². The number of likely N-dealkylation sites (N-methyl/N-ethyl adjacent to an activating group) is 1. The van der Waals surface area contributed by atoms with Crippen LogP contribution in [0.3, 0.4) is 0 Å². The molecule has 1 atom stereocenters. The summed E-state index contributed by atoms with van der Waals surface area (Å²) >= 11 is 0. The van der Waals surface area contributed by atoms with E-state index < -0.39 is 0 Å². The highest BCUT2D eigenvalue weighted by molar-refractivity contribution is 5.76. The number of carbonyl (C=O) groups is 1. The first kappa shape index (κ1) is 14.5. The molecule has 0 aliphatic rings. The Bertz CT molecular complexity index is 392. The van der Waals surface area contributed by atoms with E-state index in [2.05, 4.69) is 0 Å². The third-order valence-corrected chi connectivity index (χ3v) is 3.08. The quantitative estimate of drug-likeness (QED) is 0.833. The van der Waals surface area contributed by atoms with Crippen molar-refractivity contribution in [2.75, 3.05) is 20.8 Å². The molecule has 0 bridgehead atoms. The highest BCUT2D eigenvalue weighted by atomic mass is 16.5. The molecular weight excluding hydrogens is 230 g/mol. The molecular formula is C14H21NO3. The Morgan fingerprint density at radius 3 is 2.83 bits per heavy atom. The molecule has 0 fully saturated rings. The summed E-state index contributed by atoms with van der Waals surface area (Å²) in [5, 5.41) is 9.00. The maximum absolute atomic E-state index is 11.9. The molecule has 0 spiro atoms. The van der Waals surface area contributed by atoms with Gasteiger partial charge in [0.1, 0.15) is 5.75 Å². The average Bonchev–Trinajstić information content (AvgIpc) is 2.43. The molecule has 18 heavy (non-hydrogen) atoms. The van der Waals surface area contributed by atoms with E-state index in [0.29, 0.717) is 12.8 Å². The zero-order valence-electron chi connectivity index (χ0n) is 11.2. The van der Waals surface area contributed by atoms with Gasteiger partial charge in [-0.15, -0.1) is 0 Å². The van der Waals surface area contributed by atoms with E-state index in [9.17, 15) is 4.79 Å². The van der Waals surface area contributed by atoms with Crippen LogP contribution in [0.1, 0.15) is 18.9 Å². The number of benzene rings is 1. The van der Waals surface area contributed by atoms with Gasteiger partial charge < -0.3 is 14.7 Å². The molecule has 4 nitrogen and oxygen atoms in total. The fourth-order valence-electron chi connectivity index (χ4n) is 1.62. The smallest absolute Gasteiger partial charge is 0.222 e. The van der Waals surface area contributed by atoms with E-state index >= 15 is 0 Å². The van der Waals surface area contributed by atoms with Crippen molar-refractivity contribution in [1.82, 2.24) is 4.90 Å². The molecule has 100 valence electrons. The average molecular weight is 251 g/mol. The second-order valence-corrected chi connectivity index (χ2v) is 4.39. The third kappa shape index (κ3) is 4.04. The fraction of sp³-hybridized carbons (Fsp3) is 0.500. The van der Waals surface area contributed by atoms with E-state index in [1.807, 2.05) is 31.2 Å².